The molecule has 1 aromatic heterocycles. The summed E-state index contributed by atoms with van der Waals surface area (Å²) in [5.41, 5.74) is 2.39. The molecule has 0 aliphatic carbocycles. The van der Waals surface area contributed by atoms with Gasteiger partial charge in [0, 0.05) is 18.6 Å². The van der Waals surface area contributed by atoms with Gasteiger partial charge in [0.05, 0.1) is 11.8 Å². The maximum atomic E-state index is 6.12. The van der Waals surface area contributed by atoms with Gasteiger partial charge in [-0.1, -0.05) is 38.4 Å². The van der Waals surface area contributed by atoms with E-state index < -0.39 is 0 Å². The summed E-state index contributed by atoms with van der Waals surface area (Å²) >= 11 is 6.12. The van der Waals surface area contributed by atoms with Gasteiger partial charge >= 0.3 is 0 Å². The van der Waals surface area contributed by atoms with Gasteiger partial charge in [0.2, 0.25) is 0 Å². The monoisotopic (exact) mass is 296 g/mol. The second-order valence-corrected chi connectivity index (χ2v) is 6.26. The van der Waals surface area contributed by atoms with Gasteiger partial charge < -0.3 is 10.1 Å². The topological polar surface area (TPSA) is 34.1 Å². The van der Waals surface area contributed by atoms with Crippen LogP contribution in [0, 0.1) is 5.92 Å². The predicted octanol–water partition coefficient (Wildman–Crippen LogP) is 3.72. The SMILES string of the molecule is CCOC(CC)c1nc(Cl)ccc1C1(C)CNCC1C. The first-order valence-corrected chi connectivity index (χ1v) is 7.90. The van der Waals surface area contributed by atoms with E-state index in [0.29, 0.717) is 17.7 Å². The molecule has 3 unspecified atom stereocenters. The average molecular weight is 297 g/mol. The van der Waals surface area contributed by atoms with E-state index in [-0.39, 0.29) is 11.5 Å². The molecule has 2 rings (SSSR count). The smallest absolute Gasteiger partial charge is 0.129 e. The zero-order valence-electron chi connectivity index (χ0n) is 12.9. The van der Waals surface area contributed by atoms with Crippen molar-refractivity contribution in [3.8, 4) is 0 Å². The van der Waals surface area contributed by atoms with Crippen LogP contribution in [0.4, 0.5) is 0 Å². The lowest BCUT2D eigenvalue weighted by molar-refractivity contribution is 0.0550. The van der Waals surface area contributed by atoms with E-state index in [1.165, 1.54) is 5.56 Å². The van der Waals surface area contributed by atoms with E-state index >= 15 is 0 Å². The van der Waals surface area contributed by atoms with Crippen LogP contribution in [0.1, 0.15) is 51.5 Å². The van der Waals surface area contributed by atoms with Crippen LogP contribution in [0.5, 0.6) is 0 Å². The van der Waals surface area contributed by atoms with Crippen LogP contribution < -0.4 is 5.32 Å². The summed E-state index contributed by atoms with van der Waals surface area (Å²) in [6.07, 6.45) is 0.935. The summed E-state index contributed by atoms with van der Waals surface area (Å²) in [6, 6.07) is 4.03. The van der Waals surface area contributed by atoms with Crippen molar-refractivity contribution in [2.45, 2.75) is 45.6 Å². The maximum Gasteiger partial charge on any atom is 0.129 e. The van der Waals surface area contributed by atoms with Gasteiger partial charge in [0.1, 0.15) is 5.15 Å². The molecule has 20 heavy (non-hydrogen) atoms. The third kappa shape index (κ3) is 2.85. The van der Waals surface area contributed by atoms with Gasteiger partial charge in [-0.3, -0.25) is 0 Å². The number of hydrogen-bond acceptors (Lipinski definition) is 3. The first-order valence-electron chi connectivity index (χ1n) is 7.52. The van der Waals surface area contributed by atoms with E-state index in [4.69, 9.17) is 16.3 Å². The molecular formula is C16H25ClN2O. The molecule has 4 heteroatoms. The fourth-order valence-corrected chi connectivity index (χ4v) is 3.23. The van der Waals surface area contributed by atoms with Gasteiger partial charge in [-0.15, -0.1) is 0 Å². The van der Waals surface area contributed by atoms with Crippen LogP contribution in [0.2, 0.25) is 5.15 Å². The van der Waals surface area contributed by atoms with Gasteiger partial charge in [0.25, 0.3) is 0 Å². The van der Waals surface area contributed by atoms with Crippen LogP contribution in [0.25, 0.3) is 0 Å². The quantitative estimate of drug-likeness (QED) is 0.841. The summed E-state index contributed by atoms with van der Waals surface area (Å²) < 4.78 is 5.87. The summed E-state index contributed by atoms with van der Waals surface area (Å²) in [6.45, 7) is 11.5. The zero-order valence-corrected chi connectivity index (χ0v) is 13.6. The van der Waals surface area contributed by atoms with Crippen LogP contribution >= 0.6 is 11.6 Å². The highest BCUT2D eigenvalue weighted by atomic mass is 35.5. The molecule has 0 spiro atoms. The van der Waals surface area contributed by atoms with E-state index in [1.54, 1.807) is 0 Å². The number of aromatic nitrogens is 1. The second-order valence-electron chi connectivity index (χ2n) is 5.87. The molecule has 0 aromatic carbocycles. The molecule has 2 heterocycles. The van der Waals surface area contributed by atoms with E-state index in [0.717, 1.165) is 25.2 Å². The van der Waals surface area contributed by atoms with Gasteiger partial charge in [-0.2, -0.15) is 0 Å². The second kappa shape index (κ2) is 6.42. The van der Waals surface area contributed by atoms with E-state index in [1.807, 2.05) is 13.0 Å². The Hall–Kier alpha value is -0.640. The molecule has 0 bridgehead atoms. The van der Waals surface area contributed by atoms with Crippen molar-refractivity contribution >= 4 is 11.6 Å². The minimum absolute atomic E-state index is 0.0262. The van der Waals surface area contributed by atoms with Gasteiger partial charge in [-0.25, -0.2) is 4.98 Å². The zero-order chi connectivity index (χ0) is 14.8. The Balaban J connectivity index is 2.47. The molecule has 1 N–H and O–H groups in total. The third-order valence-electron chi connectivity index (χ3n) is 4.58. The largest absolute Gasteiger partial charge is 0.372 e. The maximum absolute atomic E-state index is 6.12. The molecule has 0 radical (unpaired) electrons. The van der Waals surface area contributed by atoms with Crippen molar-refractivity contribution < 1.29 is 4.74 Å². The van der Waals surface area contributed by atoms with E-state index in [2.05, 4.69) is 37.1 Å². The van der Waals surface area contributed by atoms with Crippen molar-refractivity contribution in [2.75, 3.05) is 19.7 Å². The lowest BCUT2D eigenvalue weighted by Gasteiger charge is -2.32. The molecule has 1 saturated heterocycles. The number of halogens is 1. The number of nitrogens with zero attached hydrogens (tertiary/aromatic N) is 1. The molecule has 3 atom stereocenters. The Morgan fingerprint density at radius 1 is 1.50 bits per heavy atom. The Labute approximate surface area is 127 Å². The molecular weight excluding hydrogens is 272 g/mol. The fourth-order valence-electron chi connectivity index (χ4n) is 3.08. The van der Waals surface area contributed by atoms with Crippen molar-refractivity contribution in [1.82, 2.24) is 10.3 Å². The summed E-state index contributed by atoms with van der Waals surface area (Å²) in [7, 11) is 0. The Morgan fingerprint density at radius 2 is 2.25 bits per heavy atom. The molecule has 0 amide bonds. The lowest BCUT2D eigenvalue weighted by Crippen LogP contribution is -2.32. The van der Waals surface area contributed by atoms with Gasteiger partial charge in [0.15, 0.2) is 0 Å². The Bertz CT molecular complexity index is 466. The molecule has 1 aliphatic rings. The fraction of sp³-hybridized carbons (Fsp3) is 0.688. The summed E-state index contributed by atoms with van der Waals surface area (Å²) in [5, 5.41) is 4.04. The normalized spacial score (nSPS) is 27.8. The number of hydrogen-bond donors (Lipinski definition) is 1. The van der Waals surface area contributed by atoms with Crippen LogP contribution in [0.15, 0.2) is 12.1 Å². The standard InChI is InChI=1S/C16H25ClN2O/c1-5-13(20-6-2)15-12(7-8-14(17)19-15)16(4)10-18-9-11(16)3/h7-8,11,13,18H,5-6,9-10H2,1-4H3. The molecule has 3 nitrogen and oxygen atoms in total. The van der Waals surface area contributed by atoms with E-state index in [9.17, 15) is 0 Å². The number of rotatable bonds is 5. The Kier molecular flexibility index (Phi) is 5.05. The number of ether oxygens (including phenoxy) is 1. The molecule has 1 aliphatic heterocycles. The third-order valence-corrected chi connectivity index (χ3v) is 4.79. The van der Waals surface area contributed by atoms with Crippen LogP contribution in [-0.2, 0) is 10.2 Å². The lowest BCUT2D eigenvalue weighted by atomic mass is 9.73. The first-order chi connectivity index (χ1) is 9.52. The van der Waals surface area contributed by atoms with Crippen LogP contribution in [0.3, 0.4) is 0 Å². The van der Waals surface area contributed by atoms with Crippen molar-refractivity contribution in [3.05, 3.63) is 28.5 Å². The highest BCUT2D eigenvalue weighted by molar-refractivity contribution is 6.29. The number of pyridine rings is 1. The van der Waals surface area contributed by atoms with Crippen LogP contribution in [-0.4, -0.2) is 24.7 Å². The highest BCUT2D eigenvalue weighted by Gasteiger charge is 2.40. The molecule has 112 valence electrons. The van der Waals surface area contributed by atoms with Crippen molar-refractivity contribution in [1.29, 1.82) is 0 Å². The number of nitrogens with one attached hydrogen (secondary N) is 1. The molecule has 0 saturated carbocycles. The minimum Gasteiger partial charge on any atom is -0.372 e. The Morgan fingerprint density at radius 3 is 2.80 bits per heavy atom. The molecule has 1 aromatic rings. The minimum atomic E-state index is 0.0262. The van der Waals surface area contributed by atoms with Gasteiger partial charge in [-0.05, 0) is 37.4 Å². The van der Waals surface area contributed by atoms with Crippen molar-refractivity contribution in [3.63, 3.8) is 0 Å². The predicted molar refractivity (Wildman–Crippen MR) is 83.3 cm³/mol. The highest BCUT2D eigenvalue weighted by Crippen LogP contribution is 2.39. The average Bonchev–Trinajstić information content (AvgIpc) is 2.76. The summed E-state index contributed by atoms with van der Waals surface area (Å²) in [4.78, 5) is 4.60. The molecule has 1 fully saturated rings. The summed E-state index contributed by atoms with van der Waals surface area (Å²) in [5.74, 6) is 0.573. The first kappa shape index (κ1) is 15.7. The van der Waals surface area contributed by atoms with Crippen molar-refractivity contribution in [2.24, 2.45) is 5.92 Å².